The lowest BCUT2D eigenvalue weighted by molar-refractivity contribution is 0.393. The van der Waals surface area contributed by atoms with Crippen LogP contribution >= 0.6 is 46.1 Å². The average molecular weight is 1590 g/mol. The lowest BCUT2D eigenvalue weighted by Crippen LogP contribution is -2.27. The molecule has 0 unspecified atom stereocenters. The van der Waals surface area contributed by atoms with Crippen LogP contribution in [0.5, 0.6) is 0 Å². The molecule has 10 heteroatoms. The Hall–Kier alpha value is -4.48. The van der Waals surface area contributed by atoms with E-state index in [2.05, 4.69) is 113 Å². The topological polar surface area (TPSA) is 61.4 Å². The summed E-state index contributed by atoms with van der Waals surface area (Å²) in [4.78, 5) is 2.71. The van der Waals surface area contributed by atoms with Gasteiger partial charge in [0, 0.05) is 62.1 Å². The lowest BCUT2D eigenvalue weighted by Gasteiger charge is -2.35. The molecular formula is C102H152N6S4. The first kappa shape index (κ1) is 86.8. The average Bonchev–Trinajstić information content (AvgIpc) is 1.52. The SMILES string of the molecule is CCCCCCCCCCCCCCCCC1(CCCCCCCCCCCCCCCC)c2cc3c(cc2-c2c1cc(C)c1nsnc21)C(CCCCCCCCCCCCCCCC)(CCCCCCCCCCCCCCCC)c1cc(-c2cc4c(s2)c2cc5c(cc2n4C)c2sc(C)cc2n5C)c2nsnc2c1-3. The van der Waals surface area contributed by atoms with Crippen LogP contribution in [-0.4, -0.2) is 26.6 Å². The molecule has 0 saturated heterocycles. The summed E-state index contributed by atoms with van der Waals surface area (Å²) in [6, 6.07) is 21.1. The van der Waals surface area contributed by atoms with Crippen LogP contribution in [-0.2, 0) is 24.9 Å². The molecule has 0 N–H and O–H groups in total. The summed E-state index contributed by atoms with van der Waals surface area (Å²) in [6.45, 7) is 14.0. The van der Waals surface area contributed by atoms with Crippen molar-refractivity contribution in [2.24, 2.45) is 14.1 Å². The Kier molecular flexibility index (Phi) is 35.3. The number of hydrogen-bond acceptors (Lipinski definition) is 8. The number of aryl methyl sites for hydroxylation is 4. The fourth-order valence-corrected chi connectivity index (χ4v) is 24.6. The van der Waals surface area contributed by atoms with Crippen LogP contribution in [0.2, 0.25) is 0 Å². The van der Waals surface area contributed by atoms with Crippen molar-refractivity contribution in [3.05, 3.63) is 81.2 Å². The summed E-state index contributed by atoms with van der Waals surface area (Å²) in [5.74, 6) is 0. The molecule has 614 valence electrons. The summed E-state index contributed by atoms with van der Waals surface area (Å²) in [6.07, 6.45) is 82.1. The third kappa shape index (κ3) is 21.5. The minimum absolute atomic E-state index is 0.107. The highest BCUT2D eigenvalue weighted by Gasteiger charge is 2.50. The molecule has 2 aliphatic carbocycles. The minimum atomic E-state index is -0.175. The first-order valence-electron chi connectivity index (χ1n) is 47.8. The maximum atomic E-state index is 5.63. The van der Waals surface area contributed by atoms with E-state index in [1.54, 1.807) is 22.3 Å². The Labute approximate surface area is 697 Å². The van der Waals surface area contributed by atoms with E-state index in [4.69, 9.17) is 17.5 Å². The van der Waals surface area contributed by atoms with Gasteiger partial charge < -0.3 is 9.13 Å². The predicted molar refractivity (Wildman–Crippen MR) is 499 cm³/mol. The van der Waals surface area contributed by atoms with E-state index in [0.717, 1.165) is 16.6 Å². The van der Waals surface area contributed by atoms with Gasteiger partial charge in [-0.3, -0.25) is 0 Å². The second-order valence-corrected chi connectivity index (χ2v) is 39.6. The number of fused-ring (bicyclic) bond motifs is 16. The van der Waals surface area contributed by atoms with Gasteiger partial charge in [0.1, 0.15) is 22.1 Å². The molecule has 0 radical (unpaired) electrons. The van der Waals surface area contributed by atoms with Gasteiger partial charge in [-0.2, -0.15) is 17.5 Å². The summed E-state index contributed by atoms with van der Waals surface area (Å²) >= 11 is 6.84. The van der Waals surface area contributed by atoms with Crippen LogP contribution in [0.4, 0.5) is 0 Å². The molecule has 6 aromatic heterocycles. The van der Waals surface area contributed by atoms with Gasteiger partial charge in [-0.1, -0.05) is 393 Å². The second-order valence-electron chi connectivity index (χ2n) is 36.3. The highest BCUT2D eigenvalue weighted by atomic mass is 32.1. The van der Waals surface area contributed by atoms with Crippen LogP contribution in [0, 0.1) is 13.8 Å². The molecule has 0 spiro atoms. The zero-order valence-electron chi connectivity index (χ0n) is 72.4. The summed E-state index contributed by atoms with van der Waals surface area (Å²) in [5, 5.41) is 2.73. The van der Waals surface area contributed by atoms with Crippen molar-refractivity contribution in [3.8, 4) is 32.7 Å². The second kappa shape index (κ2) is 45.5. The summed E-state index contributed by atoms with van der Waals surface area (Å²) < 4.78 is 29.5. The molecule has 12 rings (SSSR count). The van der Waals surface area contributed by atoms with Crippen molar-refractivity contribution in [1.29, 1.82) is 0 Å². The standard InChI is InChI=1S/C102H152N6S4/c1-9-13-17-21-25-29-33-37-41-45-49-53-57-61-65-101(66-62-58-54-50-46-42-38-34-30-26-22-18-14-10-2)84-72-80-85(71-79(84)93-86(101)69-77(5)95-97(93)105-111-103-95)102(67-63-59-55-51-47-43-39-35-31-27-23-19-15-11-3,68-64-60-56-52-48-44-40-36-32-28-24-20-16-12-4)87-73-83(96-98(94(80)87)106-112-104-96)92-76-91-100(110-92)82-75-88-81(74-89(82)108(91)8)99-90(107(88)7)70-78(6)109-99/h69-76H,9-68H2,1-8H3. The van der Waals surface area contributed by atoms with Crippen LogP contribution in [0.1, 0.15) is 446 Å². The van der Waals surface area contributed by atoms with E-state index in [1.165, 1.54) is 500 Å². The number of unbranched alkanes of at least 4 members (excludes halogenated alkanes) is 52. The maximum absolute atomic E-state index is 5.63. The number of rotatable bonds is 61. The molecular weight excluding hydrogens is 1440 g/mol. The Morgan fingerprint density at radius 2 is 0.545 bits per heavy atom. The maximum Gasteiger partial charge on any atom is 0.114 e. The Balaban J connectivity index is 0.900. The van der Waals surface area contributed by atoms with E-state index in [0.29, 0.717) is 0 Å². The molecule has 0 atom stereocenters. The molecule has 10 aromatic rings. The largest absolute Gasteiger partial charge is 0.343 e. The van der Waals surface area contributed by atoms with E-state index in [1.807, 2.05) is 22.7 Å². The number of nitrogens with zero attached hydrogens (tertiary/aromatic N) is 6. The summed E-state index contributed by atoms with van der Waals surface area (Å²) in [5.41, 5.74) is 24.3. The Morgan fingerprint density at radius 1 is 0.268 bits per heavy atom. The Morgan fingerprint density at radius 3 is 0.893 bits per heavy atom. The van der Waals surface area contributed by atoms with E-state index in [-0.39, 0.29) is 10.8 Å². The lowest BCUT2D eigenvalue weighted by atomic mass is 9.68. The van der Waals surface area contributed by atoms with Gasteiger partial charge >= 0.3 is 0 Å². The smallest absolute Gasteiger partial charge is 0.114 e. The number of aromatic nitrogens is 6. The van der Waals surface area contributed by atoms with Crippen molar-refractivity contribution in [1.82, 2.24) is 26.6 Å². The van der Waals surface area contributed by atoms with Crippen molar-refractivity contribution in [2.45, 2.75) is 438 Å². The number of hydrogen-bond donors (Lipinski definition) is 0. The predicted octanol–water partition coefficient (Wildman–Crippen LogP) is 35.4. The highest BCUT2D eigenvalue weighted by molar-refractivity contribution is 7.23. The fraction of sp³-hybridized carbons (Fsp3) is 0.686. The van der Waals surface area contributed by atoms with Crippen molar-refractivity contribution in [3.63, 3.8) is 0 Å². The van der Waals surface area contributed by atoms with Gasteiger partial charge in [0.25, 0.3) is 0 Å². The monoisotopic (exact) mass is 1590 g/mol. The molecule has 0 bridgehead atoms. The molecule has 6 heterocycles. The van der Waals surface area contributed by atoms with Crippen LogP contribution in [0.15, 0.2) is 48.5 Å². The quantitative estimate of drug-likeness (QED) is 0.0357. The van der Waals surface area contributed by atoms with Gasteiger partial charge in [0.2, 0.25) is 0 Å². The van der Waals surface area contributed by atoms with Crippen molar-refractivity contribution >= 4 is 110 Å². The van der Waals surface area contributed by atoms with Crippen molar-refractivity contribution in [2.75, 3.05) is 0 Å². The fourth-order valence-electron chi connectivity index (χ4n) is 21.1. The molecule has 0 fully saturated rings. The summed E-state index contributed by atoms with van der Waals surface area (Å²) in [7, 11) is 4.59. The van der Waals surface area contributed by atoms with E-state index < -0.39 is 0 Å². The van der Waals surface area contributed by atoms with Crippen molar-refractivity contribution < 1.29 is 0 Å². The number of thiophene rings is 2. The normalized spacial score (nSPS) is 13.7. The van der Waals surface area contributed by atoms with Gasteiger partial charge in [0.05, 0.1) is 54.9 Å². The van der Waals surface area contributed by atoms with Gasteiger partial charge in [0.15, 0.2) is 0 Å². The van der Waals surface area contributed by atoms with Gasteiger partial charge in [-0.15, -0.1) is 22.7 Å². The van der Waals surface area contributed by atoms with E-state index in [9.17, 15) is 0 Å². The molecule has 0 saturated carbocycles. The first-order chi connectivity index (χ1) is 55.2. The molecule has 2 aliphatic rings. The van der Waals surface area contributed by atoms with Crippen LogP contribution in [0.25, 0.3) is 97.0 Å². The van der Waals surface area contributed by atoms with Crippen LogP contribution in [0.3, 0.4) is 0 Å². The molecule has 4 aromatic carbocycles. The molecule has 6 nitrogen and oxygen atoms in total. The third-order valence-electron chi connectivity index (χ3n) is 27.7. The molecule has 0 amide bonds. The van der Waals surface area contributed by atoms with Crippen LogP contribution < -0.4 is 0 Å². The zero-order chi connectivity index (χ0) is 77.8. The van der Waals surface area contributed by atoms with Gasteiger partial charge in [-0.25, -0.2) is 0 Å². The Bertz CT molecular complexity index is 4380. The molecule has 112 heavy (non-hydrogen) atoms. The third-order valence-corrected chi connectivity index (χ3v) is 31.0. The first-order valence-corrected chi connectivity index (χ1v) is 50.9. The highest BCUT2D eigenvalue weighted by Crippen LogP contribution is 2.64. The van der Waals surface area contributed by atoms with E-state index >= 15 is 0 Å². The molecule has 0 aliphatic heterocycles. The van der Waals surface area contributed by atoms with Gasteiger partial charge in [-0.05, 0) is 121 Å². The zero-order valence-corrected chi connectivity index (χ0v) is 75.6. The minimum Gasteiger partial charge on any atom is -0.343 e. The number of benzene rings is 4.